The van der Waals surface area contributed by atoms with Crippen molar-refractivity contribution in [2.24, 2.45) is 0 Å². The maximum Gasteiger partial charge on any atom is 0.303 e. The molecule has 0 rings (SSSR count). The molecule has 17 heavy (non-hydrogen) atoms. The average molecular weight is 276 g/mol. The van der Waals surface area contributed by atoms with E-state index < -0.39 is 28.6 Å². The van der Waals surface area contributed by atoms with E-state index in [-0.39, 0.29) is 17.9 Å². The number of rotatable bonds is 8. The van der Waals surface area contributed by atoms with Crippen LogP contribution in [0.15, 0.2) is 0 Å². The van der Waals surface area contributed by atoms with Gasteiger partial charge in [-0.05, 0) is 17.5 Å². The van der Waals surface area contributed by atoms with E-state index >= 15 is 0 Å². The lowest BCUT2D eigenvalue weighted by Crippen LogP contribution is -2.40. The Balaban J connectivity index is 4.26. The molecule has 0 aliphatic carbocycles. The normalized spacial score (nSPS) is 13.2. The molecule has 0 fully saturated rings. The third-order valence-electron chi connectivity index (χ3n) is 2.99. The predicted molar refractivity (Wildman–Crippen MR) is 74.0 cm³/mol. The van der Waals surface area contributed by atoms with Crippen LogP contribution in [0.4, 0.5) is 0 Å². The number of aliphatic carboxylic acids is 2. The zero-order chi connectivity index (χ0) is 13.7. The van der Waals surface area contributed by atoms with Gasteiger partial charge >= 0.3 is 11.9 Å². The smallest absolute Gasteiger partial charge is 0.303 e. The van der Waals surface area contributed by atoms with Gasteiger partial charge in [-0.25, -0.2) is 0 Å². The standard InChI is InChI=1S/C11H24O4Si2/c1-11(2,7-5-9(12)13)16-17(3,4)8-6-10(14)15/h5-8,16H2,1-4H3,(H,12,13)(H,14,15). The maximum atomic E-state index is 10.6. The monoisotopic (exact) mass is 276 g/mol. The number of carboxylic acids is 2. The SMILES string of the molecule is CC(C)(CCC(=O)O)[SiH2][Si](C)(C)CCC(=O)O. The fraction of sp³-hybridized carbons (Fsp3) is 0.818. The molecule has 0 unspecified atom stereocenters. The number of carboxylic acid groups (broad SMARTS) is 2. The topological polar surface area (TPSA) is 74.6 Å². The average Bonchev–Trinajstić information content (AvgIpc) is 2.10. The minimum absolute atomic E-state index is 0.132. The van der Waals surface area contributed by atoms with Crippen molar-refractivity contribution in [2.45, 2.75) is 57.3 Å². The van der Waals surface area contributed by atoms with Gasteiger partial charge in [0.25, 0.3) is 0 Å². The van der Waals surface area contributed by atoms with Gasteiger partial charge in [0, 0.05) is 29.5 Å². The number of hydrogen-bond acceptors (Lipinski definition) is 2. The van der Waals surface area contributed by atoms with Gasteiger partial charge in [-0.2, -0.15) is 0 Å². The highest BCUT2D eigenvalue weighted by Crippen LogP contribution is 2.33. The molecule has 100 valence electrons. The quantitative estimate of drug-likeness (QED) is 0.664. The first-order valence-corrected chi connectivity index (χ1v) is 12.2. The van der Waals surface area contributed by atoms with Crippen molar-refractivity contribution >= 4 is 28.6 Å². The minimum Gasteiger partial charge on any atom is -0.481 e. The molecule has 0 saturated carbocycles. The molecule has 2 N–H and O–H groups in total. The second-order valence-corrected chi connectivity index (χ2v) is 20.2. The molecule has 0 amide bonds. The lowest BCUT2D eigenvalue weighted by atomic mass is 10.1. The first-order chi connectivity index (χ1) is 7.54. The molecule has 0 aromatic rings. The maximum absolute atomic E-state index is 10.6. The summed E-state index contributed by atoms with van der Waals surface area (Å²) in [7, 11) is -1.81. The molecule has 0 saturated heterocycles. The van der Waals surface area contributed by atoms with Crippen molar-refractivity contribution in [3.05, 3.63) is 0 Å². The van der Waals surface area contributed by atoms with Crippen molar-refractivity contribution in [3.63, 3.8) is 0 Å². The zero-order valence-corrected chi connectivity index (χ0v) is 13.7. The van der Waals surface area contributed by atoms with E-state index in [9.17, 15) is 9.59 Å². The Hall–Kier alpha value is -0.626. The van der Waals surface area contributed by atoms with Crippen LogP contribution in [-0.4, -0.2) is 38.8 Å². The molecular formula is C11H24O4Si2. The summed E-state index contributed by atoms with van der Waals surface area (Å²) in [4.78, 5) is 21.2. The molecule has 4 nitrogen and oxygen atoms in total. The van der Waals surface area contributed by atoms with Crippen LogP contribution in [-0.2, 0) is 9.59 Å². The van der Waals surface area contributed by atoms with Crippen LogP contribution in [0.2, 0.25) is 24.2 Å². The molecule has 0 aromatic heterocycles. The van der Waals surface area contributed by atoms with Crippen LogP contribution in [0.25, 0.3) is 0 Å². The van der Waals surface area contributed by atoms with Crippen LogP contribution in [0.3, 0.4) is 0 Å². The van der Waals surface area contributed by atoms with Crippen molar-refractivity contribution in [2.75, 3.05) is 0 Å². The van der Waals surface area contributed by atoms with E-state index in [1.54, 1.807) is 0 Å². The summed E-state index contributed by atoms with van der Waals surface area (Å²) in [5, 5.41) is 17.5. The fourth-order valence-corrected chi connectivity index (χ4v) is 15.7. The summed E-state index contributed by atoms with van der Waals surface area (Å²) in [6.07, 6.45) is 1.21. The Kier molecular flexibility index (Phi) is 6.11. The molecule has 0 aliphatic rings. The van der Waals surface area contributed by atoms with Crippen LogP contribution in [0.5, 0.6) is 0 Å². The summed E-state index contributed by atoms with van der Waals surface area (Å²) < 4.78 is 0. The van der Waals surface area contributed by atoms with Crippen LogP contribution < -0.4 is 0 Å². The van der Waals surface area contributed by atoms with Crippen molar-refractivity contribution in [1.29, 1.82) is 0 Å². The summed E-state index contributed by atoms with van der Waals surface area (Å²) in [5.74, 6) is -1.46. The second kappa shape index (κ2) is 6.35. The molecule has 0 atom stereocenters. The molecule has 0 spiro atoms. The highest BCUT2D eigenvalue weighted by Gasteiger charge is 2.31. The Bertz CT molecular complexity index is 259. The molecule has 0 radical (unpaired) electrons. The van der Waals surface area contributed by atoms with Crippen molar-refractivity contribution in [1.82, 2.24) is 0 Å². The van der Waals surface area contributed by atoms with E-state index in [0.717, 1.165) is 12.5 Å². The Morgan fingerprint density at radius 1 is 1.12 bits per heavy atom. The highest BCUT2D eigenvalue weighted by atomic mass is 29.2. The van der Waals surface area contributed by atoms with E-state index in [2.05, 4.69) is 26.9 Å². The highest BCUT2D eigenvalue weighted by molar-refractivity contribution is 7.24. The first-order valence-electron chi connectivity index (χ1n) is 5.98. The third-order valence-corrected chi connectivity index (χ3v) is 13.7. The lowest BCUT2D eigenvalue weighted by molar-refractivity contribution is -0.138. The van der Waals surface area contributed by atoms with Gasteiger partial charge in [-0.3, -0.25) is 9.59 Å². The lowest BCUT2D eigenvalue weighted by Gasteiger charge is -2.32. The van der Waals surface area contributed by atoms with Crippen LogP contribution >= 0.6 is 0 Å². The van der Waals surface area contributed by atoms with Gasteiger partial charge in [-0.1, -0.05) is 26.9 Å². The minimum atomic E-state index is -1.41. The van der Waals surface area contributed by atoms with Gasteiger partial charge in [0.05, 0.1) is 0 Å². The van der Waals surface area contributed by atoms with Gasteiger partial charge in [0.15, 0.2) is 0 Å². The summed E-state index contributed by atoms with van der Waals surface area (Å²) in [6, 6.07) is 0.824. The Morgan fingerprint density at radius 3 is 2.00 bits per heavy atom. The van der Waals surface area contributed by atoms with Crippen molar-refractivity contribution in [3.8, 4) is 0 Å². The van der Waals surface area contributed by atoms with E-state index in [1.165, 1.54) is 0 Å². The summed E-state index contributed by atoms with van der Waals surface area (Å²) >= 11 is 0. The van der Waals surface area contributed by atoms with E-state index in [4.69, 9.17) is 10.2 Å². The summed E-state index contributed by atoms with van der Waals surface area (Å²) in [5.41, 5.74) is 0. The zero-order valence-electron chi connectivity index (χ0n) is 11.2. The molecule has 6 heteroatoms. The molecule has 0 bridgehead atoms. The fourth-order valence-electron chi connectivity index (χ4n) is 2.36. The van der Waals surface area contributed by atoms with E-state index in [0.29, 0.717) is 0 Å². The van der Waals surface area contributed by atoms with Crippen LogP contribution in [0.1, 0.15) is 33.1 Å². The predicted octanol–water partition coefficient (Wildman–Crippen LogP) is 1.90. The number of carbonyl (C=O) groups is 2. The van der Waals surface area contributed by atoms with E-state index in [1.807, 2.05) is 0 Å². The summed E-state index contributed by atoms with van der Waals surface area (Å²) in [6.45, 7) is 8.75. The molecule has 0 aliphatic heterocycles. The van der Waals surface area contributed by atoms with Gasteiger partial charge in [0.2, 0.25) is 0 Å². The largest absolute Gasteiger partial charge is 0.481 e. The van der Waals surface area contributed by atoms with Gasteiger partial charge < -0.3 is 10.2 Å². The van der Waals surface area contributed by atoms with Crippen LogP contribution in [0, 0.1) is 0 Å². The first kappa shape index (κ1) is 16.4. The Morgan fingerprint density at radius 2 is 1.59 bits per heavy atom. The second-order valence-electron chi connectivity index (χ2n) is 6.29. The molecule has 0 heterocycles. The molecule has 0 aromatic carbocycles. The molecular weight excluding hydrogens is 252 g/mol. The Labute approximate surface area is 106 Å². The van der Waals surface area contributed by atoms with Gasteiger partial charge in [-0.15, -0.1) is 0 Å². The van der Waals surface area contributed by atoms with Gasteiger partial charge in [0.1, 0.15) is 0 Å². The van der Waals surface area contributed by atoms with Crippen molar-refractivity contribution < 1.29 is 19.8 Å². The third kappa shape index (κ3) is 9.11. The number of hydrogen-bond donors (Lipinski definition) is 2.